The fourth-order valence-corrected chi connectivity index (χ4v) is 0.482. The van der Waals surface area contributed by atoms with E-state index in [1.165, 1.54) is 6.34 Å². The summed E-state index contributed by atoms with van der Waals surface area (Å²) in [6.07, 6.45) is 1.71. The van der Waals surface area contributed by atoms with Gasteiger partial charge in [-0.25, -0.2) is 4.99 Å². The van der Waals surface area contributed by atoms with Gasteiger partial charge in [0, 0.05) is 12.5 Å². The van der Waals surface area contributed by atoms with Gasteiger partial charge in [-0.15, -0.1) is 0 Å². The molecule has 0 aliphatic carbocycles. The van der Waals surface area contributed by atoms with Crippen LogP contribution in [0.2, 0.25) is 0 Å². The summed E-state index contributed by atoms with van der Waals surface area (Å²) in [5, 5.41) is 0. The van der Waals surface area contributed by atoms with Crippen LogP contribution in [-0.2, 0) is 4.79 Å². The van der Waals surface area contributed by atoms with Crippen LogP contribution in [0, 0.1) is 0 Å². The molecule has 12 heavy (non-hydrogen) atoms. The molecule has 0 fully saturated rings. The number of nitrogens with two attached hydrogens (primary N) is 1. The molecule has 0 aliphatic rings. The normalized spacial score (nSPS) is 12.8. The van der Waals surface area contributed by atoms with Gasteiger partial charge in [-0.05, 0) is 13.8 Å². The molecule has 4 heteroatoms. The van der Waals surface area contributed by atoms with E-state index in [2.05, 4.69) is 9.98 Å². The van der Waals surface area contributed by atoms with Crippen LogP contribution in [0.1, 0.15) is 27.2 Å². The van der Waals surface area contributed by atoms with Crippen LogP contribution < -0.4 is 5.73 Å². The third kappa shape index (κ3) is 4.60. The molecule has 68 valence electrons. The molecule has 0 heterocycles. The molecule has 0 aromatic heterocycles. The Morgan fingerprint density at radius 3 is 2.58 bits per heavy atom. The molecule has 0 radical (unpaired) electrons. The highest BCUT2D eigenvalue weighted by Crippen LogP contribution is 1.84. The van der Waals surface area contributed by atoms with Crippen molar-refractivity contribution in [2.75, 3.05) is 0 Å². The maximum absolute atomic E-state index is 10.9. The number of amidine groups is 1. The lowest BCUT2D eigenvalue weighted by molar-refractivity contribution is -0.112. The van der Waals surface area contributed by atoms with Gasteiger partial charge in [0.1, 0.15) is 6.34 Å². The van der Waals surface area contributed by atoms with E-state index in [-0.39, 0.29) is 17.7 Å². The topological polar surface area (TPSA) is 67.8 Å². The number of carbonyl (C=O) groups excluding carboxylic acids is 1. The Morgan fingerprint density at radius 2 is 2.17 bits per heavy atom. The van der Waals surface area contributed by atoms with Crippen LogP contribution in [0.4, 0.5) is 0 Å². The van der Waals surface area contributed by atoms with Crippen molar-refractivity contribution in [1.29, 1.82) is 0 Å². The Morgan fingerprint density at radius 1 is 1.58 bits per heavy atom. The second-order valence-corrected chi connectivity index (χ2v) is 2.65. The van der Waals surface area contributed by atoms with Crippen molar-refractivity contribution >= 4 is 18.0 Å². The lowest BCUT2D eigenvalue weighted by Crippen LogP contribution is -2.22. The van der Waals surface area contributed by atoms with Gasteiger partial charge in [0.25, 0.3) is 0 Å². The first-order valence-electron chi connectivity index (χ1n) is 3.96. The van der Waals surface area contributed by atoms with Gasteiger partial charge >= 0.3 is 0 Å². The molecule has 0 atom stereocenters. The van der Waals surface area contributed by atoms with Gasteiger partial charge in [0.2, 0.25) is 0 Å². The van der Waals surface area contributed by atoms with Crippen molar-refractivity contribution in [2.24, 2.45) is 15.7 Å². The molecule has 0 rings (SSSR count). The summed E-state index contributed by atoms with van der Waals surface area (Å²) >= 11 is 0. The third-order valence-corrected chi connectivity index (χ3v) is 1.17. The summed E-state index contributed by atoms with van der Waals surface area (Å²) in [4.78, 5) is 18.5. The van der Waals surface area contributed by atoms with E-state index in [4.69, 9.17) is 5.73 Å². The van der Waals surface area contributed by atoms with E-state index in [0.29, 0.717) is 6.42 Å². The van der Waals surface area contributed by atoms with E-state index in [9.17, 15) is 4.79 Å². The number of aliphatic imine (C=N–C) groups is 2. The molecule has 0 saturated carbocycles. The lowest BCUT2D eigenvalue weighted by atomic mass is 10.3. The summed E-state index contributed by atoms with van der Waals surface area (Å²) in [7, 11) is 0. The minimum atomic E-state index is -0.148. The minimum Gasteiger partial charge on any atom is -0.381 e. The molecule has 0 spiro atoms. The molecule has 0 amide bonds. The Labute approximate surface area is 72.6 Å². The number of Topliss-reactive ketones (excluding diaryl/α,β-unsaturated/α-hetero) is 1. The Balaban J connectivity index is 4.09. The van der Waals surface area contributed by atoms with Gasteiger partial charge in [0.05, 0.1) is 0 Å². The van der Waals surface area contributed by atoms with Crippen molar-refractivity contribution in [1.82, 2.24) is 0 Å². The molecule has 0 aromatic carbocycles. The van der Waals surface area contributed by atoms with Gasteiger partial charge in [-0.1, -0.05) is 6.92 Å². The summed E-state index contributed by atoms with van der Waals surface area (Å²) in [5.41, 5.74) is 5.32. The molecule has 0 saturated heterocycles. The summed E-state index contributed by atoms with van der Waals surface area (Å²) in [5.74, 6) is -0.118. The predicted molar refractivity (Wildman–Crippen MR) is 50.5 cm³/mol. The van der Waals surface area contributed by atoms with Crippen LogP contribution in [0.5, 0.6) is 0 Å². The molecule has 2 N–H and O–H groups in total. The van der Waals surface area contributed by atoms with E-state index in [1.807, 2.05) is 13.8 Å². The van der Waals surface area contributed by atoms with Crippen LogP contribution in [-0.4, -0.2) is 24.0 Å². The zero-order valence-electron chi connectivity index (χ0n) is 7.74. The largest absolute Gasteiger partial charge is 0.381 e. The van der Waals surface area contributed by atoms with Crippen LogP contribution >= 0.6 is 0 Å². The van der Waals surface area contributed by atoms with Crippen molar-refractivity contribution in [2.45, 2.75) is 33.2 Å². The average Bonchev–Trinajstić information content (AvgIpc) is 2.02. The monoisotopic (exact) mass is 169 g/mol. The van der Waals surface area contributed by atoms with E-state index < -0.39 is 0 Å². The van der Waals surface area contributed by atoms with Crippen molar-refractivity contribution in [3.63, 3.8) is 0 Å². The number of ketones is 1. The van der Waals surface area contributed by atoms with Crippen molar-refractivity contribution in [3.05, 3.63) is 0 Å². The number of hydrogen-bond donors (Lipinski definition) is 1. The summed E-state index contributed by atoms with van der Waals surface area (Å²) < 4.78 is 0. The molecule has 0 bridgehead atoms. The first-order chi connectivity index (χ1) is 5.57. The minimum absolute atomic E-state index is 0.0295. The maximum atomic E-state index is 10.9. The zero-order valence-corrected chi connectivity index (χ0v) is 7.74. The van der Waals surface area contributed by atoms with Crippen molar-refractivity contribution < 1.29 is 4.79 Å². The van der Waals surface area contributed by atoms with Crippen LogP contribution in [0.15, 0.2) is 9.98 Å². The Kier molecular flexibility index (Phi) is 4.92. The summed E-state index contributed by atoms with van der Waals surface area (Å²) in [6, 6.07) is 0.179. The van der Waals surface area contributed by atoms with E-state index in [1.54, 1.807) is 6.92 Å². The highest BCUT2D eigenvalue weighted by atomic mass is 16.1. The van der Waals surface area contributed by atoms with Gasteiger partial charge < -0.3 is 5.73 Å². The molecule has 0 aliphatic heterocycles. The van der Waals surface area contributed by atoms with E-state index in [0.717, 1.165) is 0 Å². The first-order valence-corrected chi connectivity index (χ1v) is 3.96. The van der Waals surface area contributed by atoms with E-state index >= 15 is 0 Å². The maximum Gasteiger partial charge on any atom is 0.197 e. The zero-order chi connectivity index (χ0) is 9.56. The Hall–Kier alpha value is -1.19. The predicted octanol–water partition coefficient (Wildman–Crippen LogP) is 0.759. The molecule has 0 aromatic rings. The lowest BCUT2D eigenvalue weighted by Gasteiger charge is -1.93. The van der Waals surface area contributed by atoms with Crippen molar-refractivity contribution in [3.8, 4) is 0 Å². The second-order valence-electron chi connectivity index (χ2n) is 2.65. The molecule has 4 nitrogen and oxygen atoms in total. The van der Waals surface area contributed by atoms with Crippen LogP contribution in [0.25, 0.3) is 0 Å². The molecular formula is C8H15N3O. The fourth-order valence-electron chi connectivity index (χ4n) is 0.482. The van der Waals surface area contributed by atoms with Gasteiger partial charge in [-0.3, -0.25) is 9.79 Å². The molecule has 0 unspecified atom stereocenters. The number of carbonyl (C=O) groups is 1. The standard InChI is InChI=1S/C8H15N3O/c1-4-7(12)8(9)11-5-10-6(2)3/h5-6H,4H2,1-3H3,(H2,9,10,11). The Bertz CT molecular complexity index is 206. The van der Waals surface area contributed by atoms with Gasteiger partial charge in [0.15, 0.2) is 11.6 Å². The summed E-state index contributed by atoms with van der Waals surface area (Å²) in [6.45, 7) is 5.58. The first kappa shape index (κ1) is 10.8. The number of hydrogen-bond acceptors (Lipinski definition) is 2. The third-order valence-electron chi connectivity index (χ3n) is 1.17. The quantitative estimate of drug-likeness (QED) is 0.498. The fraction of sp³-hybridized carbons (Fsp3) is 0.625. The number of rotatable bonds is 4. The SMILES string of the molecule is CCC(=O)C(N)=NC=NC(C)C. The van der Waals surface area contributed by atoms with Crippen LogP contribution in [0.3, 0.4) is 0 Å². The average molecular weight is 169 g/mol. The molecular weight excluding hydrogens is 154 g/mol. The number of nitrogens with zero attached hydrogens (tertiary/aromatic N) is 2. The second kappa shape index (κ2) is 5.46. The highest BCUT2D eigenvalue weighted by molar-refractivity contribution is 6.39. The highest BCUT2D eigenvalue weighted by Gasteiger charge is 2.00. The smallest absolute Gasteiger partial charge is 0.197 e. The van der Waals surface area contributed by atoms with Gasteiger partial charge in [-0.2, -0.15) is 0 Å².